The van der Waals surface area contributed by atoms with Gasteiger partial charge in [0.15, 0.2) is 0 Å². The Morgan fingerprint density at radius 1 is 1.11 bits per heavy atom. The maximum absolute atomic E-state index is 12.2. The van der Waals surface area contributed by atoms with Crippen molar-refractivity contribution >= 4 is 5.91 Å². The number of piperidine rings is 1. The maximum atomic E-state index is 12.2. The molecule has 104 valence electrons. The second kappa shape index (κ2) is 6.55. The van der Waals surface area contributed by atoms with Crippen molar-refractivity contribution in [2.45, 2.75) is 58.0 Å². The van der Waals surface area contributed by atoms with Gasteiger partial charge >= 0.3 is 0 Å². The molecule has 0 spiro atoms. The quantitative estimate of drug-likeness (QED) is 0.774. The summed E-state index contributed by atoms with van der Waals surface area (Å²) in [6, 6.07) is 0. The number of hydrogen-bond acceptors (Lipinski definition) is 2. The molecular formula is C15H27NO2. The molecule has 3 heteroatoms. The van der Waals surface area contributed by atoms with Gasteiger partial charge < -0.3 is 9.64 Å². The van der Waals surface area contributed by atoms with E-state index in [-0.39, 0.29) is 0 Å². The van der Waals surface area contributed by atoms with Crippen molar-refractivity contribution in [1.29, 1.82) is 0 Å². The van der Waals surface area contributed by atoms with Crippen molar-refractivity contribution in [1.82, 2.24) is 4.90 Å². The predicted octanol–water partition coefficient (Wildman–Crippen LogP) is 2.84. The van der Waals surface area contributed by atoms with E-state index in [9.17, 15) is 4.79 Å². The molecule has 3 nitrogen and oxygen atoms in total. The third-order valence-corrected chi connectivity index (χ3v) is 4.73. The van der Waals surface area contributed by atoms with Crippen molar-refractivity contribution in [3.8, 4) is 0 Å². The summed E-state index contributed by atoms with van der Waals surface area (Å²) >= 11 is 0. The van der Waals surface area contributed by atoms with Gasteiger partial charge in [-0.3, -0.25) is 4.79 Å². The zero-order valence-corrected chi connectivity index (χ0v) is 11.9. The SMILES string of the molecule is COC1CCC(CC(=O)N2CCC(C)CC2)CC1. The molecule has 0 bridgehead atoms. The van der Waals surface area contributed by atoms with Crippen molar-refractivity contribution in [3.63, 3.8) is 0 Å². The fourth-order valence-electron chi connectivity index (χ4n) is 3.21. The Kier molecular flexibility index (Phi) is 5.04. The van der Waals surface area contributed by atoms with Crippen molar-refractivity contribution in [2.75, 3.05) is 20.2 Å². The van der Waals surface area contributed by atoms with Crippen LogP contribution in [0.25, 0.3) is 0 Å². The Bertz CT molecular complexity index is 264. The van der Waals surface area contributed by atoms with E-state index >= 15 is 0 Å². The molecule has 18 heavy (non-hydrogen) atoms. The molecule has 0 N–H and O–H groups in total. The first-order valence-electron chi connectivity index (χ1n) is 7.49. The predicted molar refractivity (Wildman–Crippen MR) is 72.4 cm³/mol. The van der Waals surface area contributed by atoms with Gasteiger partial charge in [-0.05, 0) is 50.4 Å². The highest BCUT2D eigenvalue weighted by molar-refractivity contribution is 5.76. The van der Waals surface area contributed by atoms with Crippen molar-refractivity contribution in [2.24, 2.45) is 11.8 Å². The molecule has 2 rings (SSSR count). The second-order valence-corrected chi connectivity index (χ2v) is 6.15. The molecule has 0 aromatic rings. The number of carbonyl (C=O) groups excluding carboxylic acids is 1. The first-order chi connectivity index (χ1) is 8.69. The van der Waals surface area contributed by atoms with Crippen LogP contribution in [0.2, 0.25) is 0 Å². The van der Waals surface area contributed by atoms with E-state index in [4.69, 9.17) is 4.74 Å². The van der Waals surface area contributed by atoms with Gasteiger partial charge in [-0.2, -0.15) is 0 Å². The maximum Gasteiger partial charge on any atom is 0.222 e. The third kappa shape index (κ3) is 3.71. The molecule has 0 unspecified atom stereocenters. The molecule has 1 amide bonds. The lowest BCUT2D eigenvalue weighted by atomic mass is 9.85. The Morgan fingerprint density at radius 3 is 2.28 bits per heavy atom. The molecule has 2 fully saturated rings. The van der Waals surface area contributed by atoms with Gasteiger partial charge in [0.1, 0.15) is 0 Å². The van der Waals surface area contributed by atoms with E-state index in [1.807, 2.05) is 0 Å². The lowest BCUT2D eigenvalue weighted by Gasteiger charge is -2.33. The number of hydrogen-bond donors (Lipinski definition) is 0. The van der Waals surface area contributed by atoms with Crippen LogP contribution in [0.1, 0.15) is 51.9 Å². The standard InChI is InChI=1S/C15H27NO2/c1-12-7-9-16(10-8-12)15(17)11-13-3-5-14(18-2)6-4-13/h12-14H,3-11H2,1-2H3. The Labute approximate surface area is 111 Å². The number of amides is 1. The molecule has 0 aromatic carbocycles. The van der Waals surface area contributed by atoms with Gasteiger partial charge in [0, 0.05) is 26.6 Å². The molecule has 1 heterocycles. The van der Waals surface area contributed by atoms with Crippen LogP contribution in [-0.4, -0.2) is 37.1 Å². The van der Waals surface area contributed by atoms with Crippen LogP contribution in [0.3, 0.4) is 0 Å². The topological polar surface area (TPSA) is 29.5 Å². The summed E-state index contributed by atoms with van der Waals surface area (Å²) in [4.78, 5) is 14.3. The first kappa shape index (κ1) is 13.9. The highest BCUT2D eigenvalue weighted by Crippen LogP contribution is 2.29. The zero-order valence-electron chi connectivity index (χ0n) is 11.9. The summed E-state index contributed by atoms with van der Waals surface area (Å²) < 4.78 is 5.38. The van der Waals surface area contributed by atoms with Crippen LogP contribution in [0.4, 0.5) is 0 Å². The smallest absolute Gasteiger partial charge is 0.222 e. The van der Waals surface area contributed by atoms with E-state index in [1.54, 1.807) is 7.11 Å². The Hall–Kier alpha value is -0.570. The minimum atomic E-state index is 0.391. The zero-order chi connectivity index (χ0) is 13.0. The molecule has 0 radical (unpaired) electrons. The summed E-state index contributed by atoms with van der Waals surface area (Å²) in [7, 11) is 1.80. The summed E-state index contributed by atoms with van der Waals surface area (Å²) in [5.41, 5.74) is 0. The van der Waals surface area contributed by atoms with Crippen molar-refractivity contribution < 1.29 is 9.53 Å². The summed E-state index contributed by atoms with van der Waals surface area (Å²) in [5, 5.41) is 0. The number of ether oxygens (including phenoxy) is 1. The van der Waals surface area contributed by atoms with Gasteiger partial charge in [-0.25, -0.2) is 0 Å². The molecule has 1 aliphatic carbocycles. The normalized spacial score (nSPS) is 30.4. The first-order valence-corrected chi connectivity index (χ1v) is 7.49. The second-order valence-electron chi connectivity index (χ2n) is 6.15. The van der Waals surface area contributed by atoms with E-state index in [0.29, 0.717) is 17.9 Å². The van der Waals surface area contributed by atoms with Gasteiger partial charge in [0.25, 0.3) is 0 Å². The van der Waals surface area contributed by atoms with Crippen molar-refractivity contribution in [3.05, 3.63) is 0 Å². The van der Waals surface area contributed by atoms with E-state index in [1.165, 1.54) is 12.8 Å². The number of likely N-dealkylation sites (tertiary alicyclic amines) is 1. The number of nitrogens with zero attached hydrogens (tertiary/aromatic N) is 1. The number of carbonyl (C=O) groups is 1. The average molecular weight is 253 g/mol. The molecule has 0 atom stereocenters. The third-order valence-electron chi connectivity index (χ3n) is 4.73. The largest absolute Gasteiger partial charge is 0.381 e. The van der Waals surface area contributed by atoms with Crippen LogP contribution >= 0.6 is 0 Å². The minimum Gasteiger partial charge on any atom is -0.381 e. The Balaban J connectivity index is 1.71. The fraction of sp³-hybridized carbons (Fsp3) is 0.933. The van der Waals surface area contributed by atoms with Crippen LogP contribution in [0.5, 0.6) is 0 Å². The minimum absolute atomic E-state index is 0.391. The van der Waals surface area contributed by atoms with E-state index in [0.717, 1.165) is 51.1 Å². The summed E-state index contributed by atoms with van der Waals surface area (Å²) in [6.07, 6.45) is 8.15. The fourth-order valence-corrected chi connectivity index (χ4v) is 3.21. The monoisotopic (exact) mass is 253 g/mol. The van der Waals surface area contributed by atoms with Gasteiger partial charge in [-0.1, -0.05) is 6.92 Å². The van der Waals surface area contributed by atoms with Crippen LogP contribution in [0, 0.1) is 11.8 Å². The molecule has 1 aliphatic heterocycles. The lowest BCUT2D eigenvalue weighted by molar-refractivity contribution is -0.134. The molecular weight excluding hydrogens is 226 g/mol. The Morgan fingerprint density at radius 2 is 1.72 bits per heavy atom. The molecule has 1 saturated heterocycles. The highest BCUT2D eigenvalue weighted by Gasteiger charge is 2.26. The lowest BCUT2D eigenvalue weighted by Crippen LogP contribution is -2.39. The van der Waals surface area contributed by atoms with Gasteiger partial charge in [-0.15, -0.1) is 0 Å². The number of rotatable bonds is 3. The van der Waals surface area contributed by atoms with Crippen LogP contribution in [-0.2, 0) is 9.53 Å². The average Bonchev–Trinajstić information content (AvgIpc) is 2.40. The molecule has 2 aliphatic rings. The van der Waals surface area contributed by atoms with Crippen LogP contribution in [0.15, 0.2) is 0 Å². The number of methoxy groups -OCH3 is 1. The van der Waals surface area contributed by atoms with Gasteiger partial charge in [0.2, 0.25) is 5.91 Å². The highest BCUT2D eigenvalue weighted by atomic mass is 16.5. The summed E-state index contributed by atoms with van der Waals surface area (Å²) in [6.45, 7) is 4.24. The van der Waals surface area contributed by atoms with Gasteiger partial charge in [0.05, 0.1) is 6.10 Å². The summed E-state index contributed by atoms with van der Waals surface area (Å²) in [5.74, 6) is 1.79. The molecule has 0 aromatic heterocycles. The van der Waals surface area contributed by atoms with E-state index < -0.39 is 0 Å². The van der Waals surface area contributed by atoms with Crippen LogP contribution < -0.4 is 0 Å². The van der Waals surface area contributed by atoms with E-state index in [2.05, 4.69) is 11.8 Å². The molecule has 1 saturated carbocycles.